The molecule has 0 aliphatic rings. The first-order valence-corrected chi connectivity index (χ1v) is 5.71. The van der Waals surface area contributed by atoms with Gasteiger partial charge in [0.05, 0.1) is 30.9 Å². The number of methoxy groups -OCH3 is 1. The lowest BCUT2D eigenvalue weighted by Crippen LogP contribution is -2.43. The number of hydrogen-bond acceptors (Lipinski definition) is 5. The lowest BCUT2D eigenvalue weighted by Gasteiger charge is -2.22. The molecule has 1 atom stereocenters. The number of ether oxygens (including phenoxy) is 1. The van der Waals surface area contributed by atoms with Gasteiger partial charge >= 0.3 is 5.97 Å². The first-order chi connectivity index (χ1) is 8.95. The van der Waals surface area contributed by atoms with Crippen LogP contribution in [0.2, 0.25) is 0 Å². The fourth-order valence-electron chi connectivity index (χ4n) is 1.87. The highest BCUT2D eigenvalue weighted by Gasteiger charge is 2.32. The van der Waals surface area contributed by atoms with E-state index in [0.29, 0.717) is 11.0 Å². The van der Waals surface area contributed by atoms with Crippen molar-refractivity contribution in [1.82, 2.24) is 9.55 Å². The number of fused-ring (bicyclic) bond motifs is 1. The van der Waals surface area contributed by atoms with Crippen molar-refractivity contribution in [3.05, 3.63) is 40.8 Å². The zero-order valence-electron chi connectivity index (χ0n) is 10.7. The van der Waals surface area contributed by atoms with Crippen molar-refractivity contribution in [3.8, 4) is 0 Å². The fourth-order valence-corrected chi connectivity index (χ4v) is 1.87. The summed E-state index contributed by atoms with van der Waals surface area (Å²) in [6.45, 7) is 1.11. The van der Waals surface area contributed by atoms with E-state index >= 15 is 0 Å². The van der Waals surface area contributed by atoms with E-state index in [2.05, 4.69) is 9.72 Å². The topological polar surface area (TPSA) is 81.4 Å². The quantitative estimate of drug-likeness (QED) is 0.806. The molecule has 0 aliphatic heterocycles. The number of carbonyl (C=O) groups is 1. The van der Waals surface area contributed by atoms with Gasteiger partial charge in [0, 0.05) is 0 Å². The van der Waals surface area contributed by atoms with Crippen LogP contribution in [0.25, 0.3) is 11.0 Å². The van der Waals surface area contributed by atoms with Gasteiger partial charge in [-0.25, -0.2) is 9.78 Å². The van der Waals surface area contributed by atoms with E-state index in [1.807, 2.05) is 0 Å². The van der Waals surface area contributed by atoms with Crippen molar-refractivity contribution in [2.24, 2.45) is 0 Å². The minimum Gasteiger partial charge on any atom is -0.467 e. The predicted octanol–water partition coefficient (Wildman–Crippen LogP) is 0.320. The Morgan fingerprint density at radius 2 is 2.16 bits per heavy atom. The number of hydrogen-bond donors (Lipinski definition) is 1. The van der Waals surface area contributed by atoms with Gasteiger partial charge in [-0.1, -0.05) is 12.1 Å². The number of aromatic nitrogens is 2. The fraction of sp³-hybridized carbons (Fsp3) is 0.308. The van der Waals surface area contributed by atoms with Crippen molar-refractivity contribution in [2.45, 2.75) is 19.1 Å². The summed E-state index contributed by atoms with van der Waals surface area (Å²) < 4.78 is 5.82. The van der Waals surface area contributed by atoms with E-state index in [-0.39, 0.29) is 12.1 Å². The van der Waals surface area contributed by atoms with E-state index < -0.39 is 11.6 Å². The van der Waals surface area contributed by atoms with Gasteiger partial charge < -0.3 is 14.4 Å². The molecule has 0 amide bonds. The lowest BCUT2D eigenvalue weighted by molar-refractivity contribution is -0.161. The molecule has 1 unspecified atom stereocenters. The van der Waals surface area contributed by atoms with Crippen LogP contribution in [0.1, 0.15) is 6.92 Å². The summed E-state index contributed by atoms with van der Waals surface area (Å²) in [7, 11) is 1.18. The molecule has 0 fully saturated rings. The normalized spacial score (nSPS) is 14.1. The molecule has 6 heteroatoms. The molecule has 1 aromatic heterocycles. The van der Waals surface area contributed by atoms with Crippen LogP contribution in [0.3, 0.4) is 0 Å². The Labute approximate surface area is 109 Å². The summed E-state index contributed by atoms with van der Waals surface area (Å²) in [5, 5.41) is 10.1. The van der Waals surface area contributed by atoms with Crippen LogP contribution in [0.5, 0.6) is 0 Å². The van der Waals surface area contributed by atoms with Crippen LogP contribution >= 0.6 is 0 Å². The van der Waals surface area contributed by atoms with E-state index in [0.717, 1.165) is 6.20 Å². The molecule has 0 saturated heterocycles. The molecular formula is C13H14N2O4. The number of para-hydroxylation sites is 2. The average Bonchev–Trinajstić information content (AvgIpc) is 2.41. The largest absolute Gasteiger partial charge is 0.467 e. The highest BCUT2D eigenvalue weighted by atomic mass is 16.5. The number of nitrogens with zero attached hydrogens (tertiary/aromatic N) is 2. The minimum absolute atomic E-state index is 0.193. The number of aliphatic hydroxyl groups is 1. The molecule has 1 aromatic carbocycles. The van der Waals surface area contributed by atoms with Gasteiger partial charge in [-0.2, -0.15) is 0 Å². The maximum atomic E-state index is 11.9. The smallest absolute Gasteiger partial charge is 0.339 e. The van der Waals surface area contributed by atoms with Crippen LogP contribution in [0.15, 0.2) is 35.3 Å². The van der Waals surface area contributed by atoms with Gasteiger partial charge in [-0.3, -0.25) is 4.79 Å². The highest BCUT2D eigenvalue weighted by molar-refractivity contribution is 5.79. The van der Waals surface area contributed by atoms with E-state index in [4.69, 9.17) is 0 Å². The Morgan fingerprint density at radius 1 is 1.47 bits per heavy atom. The number of esters is 1. The zero-order valence-corrected chi connectivity index (χ0v) is 10.7. The molecule has 19 heavy (non-hydrogen) atoms. The van der Waals surface area contributed by atoms with Gasteiger partial charge in [0.25, 0.3) is 5.56 Å². The van der Waals surface area contributed by atoms with Crippen molar-refractivity contribution < 1.29 is 14.6 Å². The molecular weight excluding hydrogens is 248 g/mol. The zero-order chi connectivity index (χ0) is 14.0. The monoisotopic (exact) mass is 262 g/mol. The van der Waals surface area contributed by atoms with Gasteiger partial charge in [-0.15, -0.1) is 0 Å². The third-order valence-corrected chi connectivity index (χ3v) is 2.84. The highest BCUT2D eigenvalue weighted by Crippen LogP contribution is 2.13. The Morgan fingerprint density at radius 3 is 2.84 bits per heavy atom. The van der Waals surface area contributed by atoms with Crippen molar-refractivity contribution >= 4 is 17.0 Å². The maximum Gasteiger partial charge on any atom is 0.339 e. The standard InChI is InChI=1S/C13H14N2O4/c1-13(18,12(17)19-2)8-15-10-6-4-3-5-9(10)14-7-11(15)16/h3-7,18H,8H2,1-2H3. The lowest BCUT2D eigenvalue weighted by atomic mass is 10.1. The molecule has 1 N–H and O–H groups in total. The third-order valence-electron chi connectivity index (χ3n) is 2.84. The molecule has 0 bridgehead atoms. The molecule has 0 saturated carbocycles. The summed E-state index contributed by atoms with van der Waals surface area (Å²) in [4.78, 5) is 27.3. The summed E-state index contributed by atoms with van der Waals surface area (Å²) in [5.41, 5.74) is -0.993. The Kier molecular flexibility index (Phi) is 3.35. The van der Waals surface area contributed by atoms with Crippen LogP contribution in [-0.2, 0) is 16.1 Å². The molecule has 2 aromatic rings. The van der Waals surface area contributed by atoms with Crippen molar-refractivity contribution in [3.63, 3.8) is 0 Å². The van der Waals surface area contributed by atoms with Gasteiger partial charge in [0.2, 0.25) is 0 Å². The van der Waals surface area contributed by atoms with Crippen LogP contribution in [0, 0.1) is 0 Å². The second-order valence-corrected chi connectivity index (χ2v) is 4.44. The van der Waals surface area contributed by atoms with Gasteiger partial charge in [0.15, 0.2) is 5.60 Å². The summed E-state index contributed by atoms with van der Waals surface area (Å²) >= 11 is 0. The molecule has 2 rings (SSSR count). The average molecular weight is 262 g/mol. The number of benzene rings is 1. The van der Waals surface area contributed by atoms with Crippen LogP contribution < -0.4 is 5.56 Å². The second-order valence-electron chi connectivity index (χ2n) is 4.44. The van der Waals surface area contributed by atoms with Crippen molar-refractivity contribution in [1.29, 1.82) is 0 Å². The van der Waals surface area contributed by atoms with E-state index in [9.17, 15) is 14.7 Å². The molecule has 1 heterocycles. The Bertz CT molecular complexity index is 676. The van der Waals surface area contributed by atoms with Gasteiger partial charge in [-0.05, 0) is 19.1 Å². The van der Waals surface area contributed by atoms with E-state index in [1.54, 1.807) is 24.3 Å². The minimum atomic E-state index is -1.78. The van der Waals surface area contributed by atoms with Crippen molar-refractivity contribution in [2.75, 3.05) is 7.11 Å². The Hall–Kier alpha value is -2.21. The third kappa shape index (κ3) is 2.48. The second kappa shape index (κ2) is 4.81. The van der Waals surface area contributed by atoms with E-state index in [1.165, 1.54) is 18.6 Å². The van der Waals surface area contributed by atoms with Crippen LogP contribution in [-0.4, -0.2) is 33.3 Å². The molecule has 0 radical (unpaired) electrons. The molecule has 100 valence electrons. The summed E-state index contributed by atoms with van der Waals surface area (Å²) in [6.07, 6.45) is 1.16. The summed E-state index contributed by atoms with van der Waals surface area (Å²) in [5.74, 6) is -0.791. The number of rotatable bonds is 3. The first kappa shape index (κ1) is 13.2. The SMILES string of the molecule is COC(=O)C(C)(O)Cn1c(=O)cnc2ccccc21. The molecule has 6 nitrogen and oxygen atoms in total. The van der Waals surface area contributed by atoms with Crippen LogP contribution in [0.4, 0.5) is 0 Å². The molecule has 0 aliphatic carbocycles. The van der Waals surface area contributed by atoms with Gasteiger partial charge in [0.1, 0.15) is 0 Å². The summed E-state index contributed by atoms with van der Waals surface area (Å²) in [6, 6.07) is 7.00. The Balaban J connectivity index is 2.54. The number of carbonyl (C=O) groups excluding carboxylic acids is 1. The first-order valence-electron chi connectivity index (χ1n) is 5.71. The maximum absolute atomic E-state index is 11.9. The predicted molar refractivity (Wildman–Crippen MR) is 68.6 cm³/mol. The molecule has 0 spiro atoms.